The average Bonchev–Trinajstić information content (AvgIpc) is 3.42. The van der Waals surface area contributed by atoms with E-state index in [1.54, 1.807) is 4.31 Å². The quantitative estimate of drug-likeness (QED) is 0.856. The van der Waals surface area contributed by atoms with E-state index in [0.717, 1.165) is 38.9 Å². The van der Waals surface area contributed by atoms with Crippen LogP contribution in [-0.4, -0.2) is 49.1 Å². The molecule has 1 saturated carbocycles. The van der Waals surface area contributed by atoms with Crippen LogP contribution < -0.4 is 0 Å². The van der Waals surface area contributed by atoms with Crippen molar-refractivity contribution in [1.82, 2.24) is 9.21 Å². The van der Waals surface area contributed by atoms with Gasteiger partial charge in [-0.1, -0.05) is 36.4 Å². The third-order valence-electron chi connectivity index (χ3n) is 5.07. The lowest BCUT2D eigenvalue weighted by atomic mass is 10.1. The number of hydrogen-bond acceptors (Lipinski definition) is 3. The molecule has 1 saturated heterocycles. The largest absolute Gasteiger partial charge is 0.298 e. The van der Waals surface area contributed by atoms with Gasteiger partial charge in [-0.25, -0.2) is 12.7 Å². The Bertz CT molecular complexity index is 830. The normalized spacial score (nSPS) is 21.0. The fraction of sp³-hybridized carbons (Fsp3) is 0.474. The Kier molecular flexibility index (Phi) is 4.33. The van der Waals surface area contributed by atoms with Gasteiger partial charge in [0.15, 0.2) is 0 Å². The molecular weight excluding hydrogens is 320 g/mol. The van der Waals surface area contributed by atoms with Crippen LogP contribution in [0.2, 0.25) is 0 Å². The molecule has 2 aliphatic rings. The second kappa shape index (κ2) is 6.47. The molecule has 24 heavy (non-hydrogen) atoms. The van der Waals surface area contributed by atoms with Crippen molar-refractivity contribution in [2.45, 2.75) is 31.1 Å². The Balaban J connectivity index is 1.43. The van der Waals surface area contributed by atoms with Crippen molar-refractivity contribution in [3.63, 3.8) is 0 Å². The molecule has 2 aromatic carbocycles. The van der Waals surface area contributed by atoms with E-state index in [4.69, 9.17) is 0 Å². The number of nitrogens with zero attached hydrogens (tertiary/aromatic N) is 2. The molecule has 0 aromatic heterocycles. The SMILES string of the molecule is O=S(=O)(C1CC1)N1CCCN(Cc2ccc3ccccc3c2)CC1. The minimum atomic E-state index is -3.03. The number of fused-ring (bicyclic) bond motifs is 1. The van der Waals surface area contributed by atoms with Gasteiger partial charge in [0.2, 0.25) is 10.0 Å². The fourth-order valence-corrected chi connectivity index (χ4v) is 5.41. The van der Waals surface area contributed by atoms with Crippen LogP contribution >= 0.6 is 0 Å². The molecule has 0 N–H and O–H groups in total. The Morgan fingerprint density at radius 1 is 0.917 bits per heavy atom. The molecule has 0 atom stereocenters. The van der Waals surface area contributed by atoms with Crippen molar-refractivity contribution >= 4 is 20.8 Å². The predicted octanol–water partition coefficient (Wildman–Crippen LogP) is 2.84. The highest BCUT2D eigenvalue weighted by Gasteiger charge is 2.40. The van der Waals surface area contributed by atoms with E-state index in [1.807, 2.05) is 0 Å². The summed E-state index contributed by atoms with van der Waals surface area (Å²) in [6, 6.07) is 15.0. The first kappa shape index (κ1) is 16.1. The predicted molar refractivity (Wildman–Crippen MR) is 97.4 cm³/mol. The van der Waals surface area contributed by atoms with Gasteiger partial charge >= 0.3 is 0 Å². The molecule has 5 heteroatoms. The Morgan fingerprint density at radius 3 is 2.50 bits per heavy atom. The Morgan fingerprint density at radius 2 is 1.71 bits per heavy atom. The van der Waals surface area contributed by atoms with Crippen molar-refractivity contribution in [3.8, 4) is 0 Å². The number of rotatable bonds is 4. The summed E-state index contributed by atoms with van der Waals surface area (Å²) < 4.78 is 26.6. The van der Waals surface area contributed by atoms with Gasteiger partial charge in [0, 0.05) is 26.2 Å². The maximum atomic E-state index is 12.4. The van der Waals surface area contributed by atoms with Crippen LogP contribution in [0.1, 0.15) is 24.8 Å². The highest BCUT2D eigenvalue weighted by Crippen LogP contribution is 2.31. The molecule has 128 valence electrons. The van der Waals surface area contributed by atoms with Crippen LogP contribution in [0.15, 0.2) is 42.5 Å². The summed E-state index contributed by atoms with van der Waals surface area (Å²) in [4.78, 5) is 2.38. The number of benzene rings is 2. The zero-order valence-corrected chi connectivity index (χ0v) is 14.7. The van der Waals surface area contributed by atoms with E-state index in [-0.39, 0.29) is 5.25 Å². The van der Waals surface area contributed by atoms with Gasteiger partial charge in [0.05, 0.1) is 5.25 Å². The third kappa shape index (κ3) is 3.34. The van der Waals surface area contributed by atoms with Gasteiger partial charge in [0.1, 0.15) is 0 Å². The first-order chi connectivity index (χ1) is 11.6. The van der Waals surface area contributed by atoms with Crippen molar-refractivity contribution < 1.29 is 8.42 Å². The molecule has 0 bridgehead atoms. The van der Waals surface area contributed by atoms with E-state index >= 15 is 0 Å². The van der Waals surface area contributed by atoms with Crippen LogP contribution in [0.25, 0.3) is 10.8 Å². The van der Waals surface area contributed by atoms with E-state index in [0.29, 0.717) is 13.1 Å². The van der Waals surface area contributed by atoms with Gasteiger partial charge in [-0.15, -0.1) is 0 Å². The average molecular weight is 344 g/mol. The van der Waals surface area contributed by atoms with E-state index in [1.165, 1.54) is 16.3 Å². The van der Waals surface area contributed by atoms with Crippen molar-refractivity contribution in [3.05, 3.63) is 48.0 Å². The summed E-state index contributed by atoms with van der Waals surface area (Å²) in [5.41, 5.74) is 1.30. The van der Waals surface area contributed by atoms with Gasteiger partial charge in [-0.05, 0) is 48.2 Å². The number of sulfonamides is 1. The topological polar surface area (TPSA) is 40.6 Å². The zero-order chi connectivity index (χ0) is 16.6. The highest BCUT2D eigenvalue weighted by atomic mass is 32.2. The van der Waals surface area contributed by atoms with Crippen LogP contribution in [0, 0.1) is 0 Å². The van der Waals surface area contributed by atoms with Crippen LogP contribution in [0.3, 0.4) is 0 Å². The van der Waals surface area contributed by atoms with E-state index < -0.39 is 10.0 Å². The molecule has 0 radical (unpaired) electrons. The summed E-state index contributed by atoms with van der Waals surface area (Å²) >= 11 is 0. The molecule has 1 aliphatic carbocycles. The van der Waals surface area contributed by atoms with Crippen LogP contribution in [0.5, 0.6) is 0 Å². The smallest absolute Gasteiger partial charge is 0.217 e. The molecule has 0 amide bonds. The minimum Gasteiger partial charge on any atom is -0.298 e. The molecule has 2 aromatic rings. The Hall–Kier alpha value is -1.43. The summed E-state index contributed by atoms with van der Waals surface area (Å²) in [6.45, 7) is 3.98. The molecule has 1 aliphatic heterocycles. The molecule has 1 heterocycles. The molecule has 2 fully saturated rings. The zero-order valence-electron chi connectivity index (χ0n) is 13.9. The van der Waals surface area contributed by atoms with Gasteiger partial charge in [-0.3, -0.25) is 4.90 Å². The summed E-state index contributed by atoms with van der Waals surface area (Å²) in [5.74, 6) is 0. The van der Waals surface area contributed by atoms with Crippen molar-refractivity contribution in [2.24, 2.45) is 0 Å². The summed E-state index contributed by atoms with van der Waals surface area (Å²) in [6.07, 6.45) is 2.61. The van der Waals surface area contributed by atoms with Crippen LogP contribution in [-0.2, 0) is 16.6 Å². The highest BCUT2D eigenvalue weighted by molar-refractivity contribution is 7.90. The molecule has 0 unspecified atom stereocenters. The van der Waals surface area contributed by atoms with E-state index in [2.05, 4.69) is 47.4 Å². The lowest BCUT2D eigenvalue weighted by Gasteiger charge is -2.22. The molecule has 0 spiro atoms. The first-order valence-electron chi connectivity index (χ1n) is 8.82. The summed E-state index contributed by atoms with van der Waals surface area (Å²) in [7, 11) is -3.03. The molecule has 4 rings (SSSR count). The minimum absolute atomic E-state index is 0.0930. The Labute approximate surface area is 144 Å². The standard InChI is InChI=1S/C19H24N2O2S/c22-24(23,19-8-9-19)21-11-3-10-20(12-13-21)15-16-6-7-17-4-1-2-5-18(17)14-16/h1-2,4-7,14,19H,3,8-13,15H2. The third-order valence-corrected chi connectivity index (χ3v) is 7.47. The number of hydrogen-bond donors (Lipinski definition) is 0. The van der Waals surface area contributed by atoms with Gasteiger partial charge in [-0.2, -0.15) is 0 Å². The van der Waals surface area contributed by atoms with E-state index in [9.17, 15) is 8.42 Å². The molecule has 4 nitrogen and oxygen atoms in total. The first-order valence-corrected chi connectivity index (χ1v) is 10.3. The summed E-state index contributed by atoms with van der Waals surface area (Å²) in [5, 5.41) is 2.44. The second-order valence-corrected chi connectivity index (χ2v) is 9.17. The maximum absolute atomic E-state index is 12.4. The lowest BCUT2D eigenvalue weighted by molar-refractivity contribution is 0.279. The van der Waals surface area contributed by atoms with Crippen molar-refractivity contribution in [1.29, 1.82) is 0 Å². The maximum Gasteiger partial charge on any atom is 0.217 e. The van der Waals surface area contributed by atoms with Crippen LogP contribution in [0.4, 0.5) is 0 Å². The van der Waals surface area contributed by atoms with Crippen molar-refractivity contribution in [2.75, 3.05) is 26.2 Å². The van der Waals surface area contributed by atoms with Gasteiger partial charge < -0.3 is 0 Å². The lowest BCUT2D eigenvalue weighted by Crippen LogP contribution is -2.37. The van der Waals surface area contributed by atoms with Gasteiger partial charge in [0.25, 0.3) is 0 Å². The fourth-order valence-electron chi connectivity index (χ4n) is 3.53. The second-order valence-electron chi connectivity index (χ2n) is 6.95. The molecular formula is C19H24N2O2S. The monoisotopic (exact) mass is 344 g/mol.